The summed E-state index contributed by atoms with van der Waals surface area (Å²) in [5.41, 5.74) is 3.16. The zero-order valence-electron chi connectivity index (χ0n) is 16.0. The number of nitrogens with zero attached hydrogens (tertiary/aromatic N) is 1. The molecule has 0 bridgehead atoms. The molecule has 142 valence electrons. The van der Waals surface area contributed by atoms with Gasteiger partial charge in [-0.2, -0.15) is 0 Å². The minimum Gasteiger partial charge on any atom is -0.383 e. The quantitative estimate of drug-likeness (QED) is 0.596. The molecule has 0 heterocycles. The molecule has 0 saturated heterocycles. The van der Waals surface area contributed by atoms with E-state index < -0.39 is 0 Å². The summed E-state index contributed by atoms with van der Waals surface area (Å²) in [6.07, 6.45) is 0. The lowest BCUT2D eigenvalue weighted by Crippen LogP contribution is -2.26. The van der Waals surface area contributed by atoms with E-state index in [9.17, 15) is 9.59 Å². The Balaban J connectivity index is 1.97. The Labute approximate surface area is 159 Å². The van der Waals surface area contributed by atoms with Crippen LogP contribution in [0.3, 0.4) is 0 Å². The first-order valence-electron chi connectivity index (χ1n) is 9.01. The molecule has 2 aromatic rings. The van der Waals surface area contributed by atoms with E-state index in [4.69, 9.17) is 4.74 Å². The Morgan fingerprint density at radius 1 is 0.852 bits per heavy atom. The number of hydrogen-bond donors (Lipinski definition) is 2. The second-order valence-corrected chi connectivity index (χ2v) is 6.76. The molecule has 27 heavy (non-hydrogen) atoms. The molecule has 0 radical (unpaired) electrons. The van der Waals surface area contributed by atoms with Crippen LogP contribution >= 0.6 is 0 Å². The molecule has 0 unspecified atom stereocenters. The molecular weight excluding hydrogens is 342 g/mol. The second-order valence-electron chi connectivity index (χ2n) is 6.76. The van der Waals surface area contributed by atoms with Crippen LogP contribution in [-0.2, 0) is 4.74 Å². The fraction of sp³-hybridized carbons (Fsp3) is 0.333. The highest BCUT2D eigenvalue weighted by molar-refractivity contribution is 6.31. The lowest BCUT2D eigenvalue weighted by Gasteiger charge is -2.23. The van der Waals surface area contributed by atoms with Crippen LogP contribution in [0.25, 0.3) is 0 Å². The standard InChI is InChI=1S/C21H25N3O3/c1-24(2)12-10-22-16-8-4-6-14-18(16)20(25)15-7-5-9-17(19(15)21(14)26)23-11-13-27-3/h4-9,22-23H,10-13H2,1-3H3. The van der Waals surface area contributed by atoms with E-state index in [2.05, 4.69) is 15.5 Å². The van der Waals surface area contributed by atoms with E-state index in [1.54, 1.807) is 25.3 Å². The normalized spacial score (nSPS) is 12.7. The van der Waals surface area contributed by atoms with Crippen molar-refractivity contribution in [3.8, 4) is 0 Å². The van der Waals surface area contributed by atoms with Gasteiger partial charge in [0.2, 0.25) is 0 Å². The van der Waals surface area contributed by atoms with E-state index in [0.717, 1.165) is 6.54 Å². The van der Waals surface area contributed by atoms with Crippen molar-refractivity contribution >= 4 is 22.9 Å². The third-order valence-electron chi connectivity index (χ3n) is 4.57. The number of anilines is 2. The van der Waals surface area contributed by atoms with Gasteiger partial charge in [-0.25, -0.2) is 0 Å². The van der Waals surface area contributed by atoms with Crippen LogP contribution in [0.4, 0.5) is 11.4 Å². The molecule has 0 aromatic heterocycles. The summed E-state index contributed by atoms with van der Waals surface area (Å²) in [4.78, 5) is 28.4. The number of carbonyl (C=O) groups excluding carboxylic acids is 2. The molecule has 6 nitrogen and oxygen atoms in total. The molecule has 1 aliphatic carbocycles. The number of likely N-dealkylation sites (N-methyl/N-ethyl adjacent to an activating group) is 1. The Kier molecular flexibility index (Phi) is 5.88. The van der Waals surface area contributed by atoms with Gasteiger partial charge in [0, 0.05) is 49.2 Å². The van der Waals surface area contributed by atoms with E-state index in [1.165, 1.54) is 0 Å². The number of hydrogen-bond acceptors (Lipinski definition) is 6. The predicted molar refractivity (Wildman–Crippen MR) is 107 cm³/mol. The van der Waals surface area contributed by atoms with Gasteiger partial charge < -0.3 is 20.3 Å². The molecule has 0 amide bonds. The summed E-state index contributed by atoms with van der Waals surface area (Å²) in [6, 6.07) is 10.7. The van der Waals surface area contributed by atoms with Crippen LogP contribution in [-0.4, -0.2) is 63.9 Å². The molecule has 2 N–H and O–H groups in total. The smallest absolute Gasteiger partial charge is 0.196 e. The molecule has 3 rings (SSSR count). The maximum atomic E-state index is 13.2. The zero-order valence-corrected chi connectivity index (χ0v) is 16.0. The first-order valence-corrected chi connectivity index (χ1v) is 9.01. The number of ether oxygens (including phenoxy) is 1. The van der Waals surface area contributed by atoms with Gasteiger partial charge in [-0.05, 0) is 26.2 Å². The largest absolute Gasteiger partial charge is 0.383 e. The first-order chi connectivity index (χ1) is 13.0. The minimum atomic E-state index is -0.128. The Morgan fingerprint density at radius 3 is 1.85 bits per heavy atom. The van der Waals surface area contributed by atoms with Crippen molar-refractivity contribution in [3.63, 3.8) is 0 Å². The topological polar surface area (TPSA) is 70.7 Å². The maximum Gasteiger partial charge on any atom is 0.196 e. The lowest BCUT2D eigenvalue weighted by molar-refractivity contribution is 0.0980. The Morgan fingerprint density at radius 2 is 1.37 bits per heavy atom. The third kappa shape index (κ3) is 3.86. The van der Waals surface area contributed by atoms with Crippen LogP contribution in [0.1, 0.15) is 31.8 Å². The first kappa shape index (κ1) is 19.1. The summed E-state index contributed by atoms with van der Waals surface area (Å²) in [5, 5.41) is 6.49. The number of methoxy groups -OCH3 is 1. The van der Waals surface area contributed by atoms with Crippen LogP contribution in [0, 0.1) is 0 Å². The number of rotatable bonds is 8. The van der Waals surface area contributed by atoms with E-state index in [-0.39, 0.29) is 11.6 Å². The fourth-order valence-corrected chi connectivity index (χ4v) is 3.24. The number of carbonyl (C=O) groups is 2. The van der Waals surface area contributed by atoms with E-state index in [1.807, 2.05) is 32.3 Å². The molecule has 0 spiro atoms. The van der Waals surface area contributed by atoms with Crippen LogP contribution in [0.5, 0.6) is 0 Å². The SMILES string of the molecule is COCCNc1cccc2c1C(=O)c1cccc(NCCN(C)C)c1C2=O. The summed E-state index contributed by atoms with van der Waals surface area (Å²) < 4.78 is 5.06. The van der Waals surface area contributed by atoms with Crippen molar-refractivity contribution in [2.45, 2.75) is 0 Å². The highest BCUT2D eigenvalue weighted by Crippen LogP contribution is 2.35. The number of benzene rings is 2. The highest BCUT2D eigenvalue weighted by atomic mass is 16.5. The number of ketones is 2. The van der Waals surface area contributed by atoms with Gasteiger partial charge in [0.15, 0.2) is 11.6 Å². The Hall–Kier alpha value is -2.70. The van der Waals surface area contributed by atoms with Crippen molar-refractivity contribution in [1.29, 1.82) is 0 Å². The molecule has 0 saturated carbocycles. The predicted octanol–water partition coefficient (Wildman–Crippen LogP) is 2.49. The van der Waals surface area contributed by atoms with Crippen molar-refractivity contribution in [2.75, 3.05) is 58.1 Å². The van der Waals surface area contributed by atoms with E-state index in [0.29, 0.717) is 53.3 Å². The summed E-state index contributed by atoms with van der Waals surface area (Å²) in [5.74, 6) is -0.251. The van der Waals surface area contributed by atoms with Crippen molar-refractivity contribution in [2.24, 2.45) is 0 Å². The second kappa shape index (κ2) is 8.33. The van der Waals surface area contributed by atoms with Gasteiger partial charge in [0.05, 0.1) is 17.7 Å². The van der Waals surface area contributed by atoms with Gasteiger partial charge in [-0.3, -0.25) is 9.59 Å². The highest BCUT2D eigenvalue weighted by Gasteiger charge is 2.33. The van der Waals surface area contributed by atoms with Gasteiger partial charge in [0.1, 0.15) is 0 Å². The molecule has 0 fully saturated rings. The zero-order chi connectivity index (χ0) is 19.4. The minimum absolute atomic E-state index is 0.122. The molecule has 0 atom stereocenters. The van der Waals surface area contributed by atoms with Crippen molar-refractivity contribution < 1.29 is 14.3 Å². The number of nitrogens with one attached hydrogen (secondary N) is 2. The monoisotopic (exact) mass is 367 g/mol. The third-order valence-corrected chi connectivity index (χ3v) is 4.57. The van der Waals surface area contributed by atoms with E-state index >= 15 is 0 Å². The Bertz CT molecular complexity index is 862. The van der Waals surface area contributed by atoms with Crippen molar-refractivity contribution in [1.82, 2.24) is 4.90 Å². The molecule has 2 aromatic carbocycles. The van der Waals surface area contributed by atoms with Crippen LogP contribution < -0.4 is 10.6 Å². The lowest BCUT2D eigenvalue weighted by atomic mass is 9.82. The summed E-state index contributed by atoms with van der Waals surface area (Å²) in [7, 11) is 5.61. The summed E-state index contributed by atoms with van der Waals surface area (Å²) >= 11 is 0. The fourth-order valence-electron chi connectivity index (χ4n) is 3.24. The molecule has 0 aliphatic heterocycles. The maximum absolute atomic E-state index is 13.2. The van der Waals surface area contributed by atoms with Gasteiger partial charge >= 0.3 is 0 Å². The average Bonchev–Trinajstić information content (AvgIpc) is 2.65. The summed E-state index contributed by atoms with van der Waals surface area (Å²) in [6.45, 7) is 2.60. The van der Waals surface area contributed by atoms with Crippen LogP contribution in [0.2, 0.25) is 0 Å². The molecule has 6 heteroatoms. The molecular formula is C21H25N3O3. The molecule has 1 aliphatic rings. The van der Waals surface area contributed by atoms with Gasteiger partial charge in [-0.15, -0.1) is 0 Å². The van der Waals surface area contributed by atoms with Gasteiger partial charge in [0.25, 0.3) is 0 Å². The van der Waals surface area contributed by atoms with Crippen molar-refractivity contribution in [3.05, 3.63) is 58.7 Å². The van der Waals surface area contributed by atoms with Gasteiger partial charge in [-0.1, -0.05) is 24.3 Å². The average molecular weight is 367 g/mol. The number of fused-ring (bicyclic) bond motifs is 2. The van der Waals surface area contributed by atoms with Crippen LogP contribution in [0.15, 0.2) is 36.4 Å².